The van der Waals surface area contributed by atoms with Crippen molar-refractivity contribution in [2.75, 3.05) is 0 Å². The molecule has 1 atom stereocenters. The zero-order valence-electron chi connectivity index (χ0n) is 24.1. The highest BCUT2D eigenvalue weighted by molar-refractivity contribution is 5.83. The van der Waals surface area contributed by atoms with Gasteiger partial charge >= 0.3 is 0 Å². The van der Waals surface area contributed by atoms with Gasteiger partial charge in [0.25, 0.3) is 0 Å². The Labute approximate surface area is 239 Å². The van der Waals surface area contributed by atoms with Gasteiger partial charge in [-0.05, 0) is 80.1 Å². The average Bonchev–Trinajstić information content (AvgIpc) is 2.95. The third-order valence-corrected chi connectivity index (χ3v) is 6.18. The molecule has 1 aliphatic rings. The summed E-state index contributed by atoms with van der Waals surface area (Å²) in [6, 6.07) is 19.3. The van der Waals surface area contributed by atoms with Crippen LogP contribution in [0.4, 0.5) is 0 Å². The van der Waals surface area contributed by atoms with Crippen LogP contribution in [0, 0.1) is 17.8 Å². The molecule has 0 aromatic heterocycles. The van der Waals surface area contributed by atoms with Crippen LogP contribution in [0.5, 0.6) is 0 Å². The second-order valence-electron chi connectivity index (χ2n) is 8.99. The number of nitrogens with zero attached hydrogens (tertiary/aromatic N) is 1. The summed E-state index contributed by atoms with van der Waals surface area (Å²) in [6.07, 6.45) is 12.1. The van der Waals surface area contributed by atoms with E-state index in [9.17, 15) is 0 Å². The number of allylic oxidation sites excluding steroid dienone is 3. The molecule has 0 amide bonds. The number of benzene rings is 2. The van der Waals surface area contributed by atoms with Crippen LogP contribution < -0.4 is 0 Å². The Morgan fingerprint density at radius 1 is 0.923 bits per heavy atom. The molecule has 212 valence electrons. The van der Waals surface area contributed by atoms with Crippen molar-refractivity contribution < 1.29 is 9.59 Å². The molecule has 2 aromatic rings. The highest BCUT2D eigenvalue weighted by Gasteiger charge is 2.13. The Bertz CT molecular complexity index is 1020. The third-order valence-electron chi connectivity index (χ3n) is 6.18. The molecule has 0 aliphatic heterocycles. The first-order chi connectivity index (χ1) is 18.6. The number of aliphatic imine (C=N–C) groups is 1. The van der Waals surface area contributed by atoms with Gasteiger partial charge in [-0.3, -0.25) is 4.99 Å². The number of carbonyl (C=O) groups excluding carboxylic acids is 2. The first-order valence-electron chi connectivity index (χ1n) is 13.7. The first-order valence-corrected chi connectivity index (χ1v) is 13.7. The van der Waals surface area contributed by atoms with Crippen molar-refractivity contribution in [3.05, 3.63) is 95.2 Å². The molecule has 0 fully saturated rings. The zero-order chi connectivity index (χ0) is 28.6. The molecule has 1 aliphatic carbocycles. The van der Waals surface area contributed by atoms with Gasteiger partial charge < -0.3 is 9.59 Å². The predicted molar refractivity (Wildman–Crippen MR) is 171 cm³/mol. The number of hydrogen-bond donors (Lipinski definition) is 0. The van der Waals surface area contributed by atoms with E-state index >= 15 is 0 Å². The zero-order valence-corrected chi connectivity index (χ0v) is 24.1. The summed E-state index contributed by atoms with van der Waals surface area (Å²) < 4.78 is 0. The van der Waals surface area contributed by atoms with Gasteiger partial charge in [0.2, 0.25) is 0 Å². The molecule has 3 nitrogen and oxygen atoms in total. The molecule has 0 spiro atoms. The van der Waals surface area contributed by atoms with Crippen molar-refractivity contribution in [1.29, 1.82) is 0 Å². The van der Waals surface area contributed by atoms with Gasteiger partial charge in [0, 0.05) is 24.3 Å². The lowest BCUT2D eigenvalue weighted by Crippen LogP contribution is -2.08. The molecule has 2 aromatic carbocycles. The van der Waals surface area contributed by atoms with Crippen molar-refractivity contribution in [3.63, 3.8) is 0 Å². The average molecular weight is 530 g/mol. The maximum absolute atomic E-state index is 8.00. The second-order valence-corrected chi connectivity index (χ2v) is 8.99. The summed E-state index contributed by atoms with van der Waals surface area (Å²) in [4.78, 5) is 20.8. The van der Waals surface area contributed by atoms with Gasteiger partial charge in [0.15, 0.2) is 0 Å². The predicted octanol–water partition coefficient (Wildman–Crippen LogP) is 9.20. The Balaban J connectivity index is 0. The van der Waals surface area contributed by atoms with Crippen LogP contribution in [0.2, 0.25) is 0 Å². The van der Waals surface area contributed by atoms with E-state index < -0.39 is 0 Å². The monoisotopic (exact) mass is 529 g/mol. The van der Waals surface area contributed by atoms with Crippen LogP contribution in [-0.4, -0.2) is 19.3 Å². The third kappa shape index (κ3) is 16.8. The van der Waals surface area contributed by atoms with Crippen molar-refractivity contribution in [1.82, 2.24) is 0 Å². The minimum absolute atomic E-state index is 0. The first kappa shape index (κ1) is 37.6. The quantitative estimate of drug-likeness (QED) is 0.265. The molecule has 0 bridgehead atoms. The SMILES string of the molecule is C.C=C(Cc1ccc(CC)cc1)N=C(C)CC1CC/C=C(/C#CCc2ccccc2)CCC1.C=O.C=O.CC. The summed E-state index contributed by atoms with van der Waals surface area (Å²) in [5.41, 5.74) is 7.47. The van der Waals surface area contributed by atoms with Gasteiger partial charge in [0.1, 0.15) is 13.6 Å². The second kappa shape index (κ2) is 24.8. The number of hydrogen-bond acceptors (Lipinski definition) is 3. The molecule has 0 radical (unpaired) electrons. The number of rotatable bonds is 7. The van der Waals surface area contributed by atoms with Gasteiger partial charge in [-0.25, -0.2) is 0 Å². The normalized spacial score (nSPS) is 15.5. The maximum atomic E-state index is 8.00. The van der Waals surface area contributed by atoms with Gasteiger partial charge in [-0.2, -0.15) is 0 Å². The molecule has 0 saturated carbocycles. The minimum atomic E-state index is 0. The highest BCUT2D eigenvalue weighted by atomic mass is 16.1. The highest BCUT2D eigenvalue weighted by Crippen LogP contribution is 2.25. The lowest BCUT2D eigenvalue weighted by atomic mass is 9.88. The van der Waals surface area contributed by atoms with Crippen LogP contribution >= 0.6 is 0 Å². The molecular formula is C36H51NO2. The Morgan fingerprint density at radius 2 is 1.54 bits per heavy atom. The van der Waals surface area contributed by atoms with Crippen LogP contribution in [0.25, 0.3) is 0 Å². The van der Waals surface area contributed by atoms with Crippen molar-refractivity contribution >= 4 is 19.3 Å². The topological polar surface area (TPSA) is 46.5 Å². The molecule has 0 N–H and O–H groups in total. The summed E-state index contributed by atoms with van der Waals surface area (Å²) in [5.74, 6) is 7.50. The fraction of sp³-hybridized carbons (Fsp3) is 0.417. The Morgan fingerprint density at radius 3 is 2.15 bits per heavy atom. The standard InChI is InChI=1S/C31H37N.C2H6.2CH2O.CH4/c1-4-27-19-21-31(22-20-27)24-26(3)32-25(2)23-30-17-9-15-29(16-10-18-30)14-8-13-28-11-6-5-7-12-28;3*1-2;/h5-7,11-12,15,19-22,30H,3-4,9-10,13,16-18,23-24H2,1-2H3;1-2H3;2*1H2;1H4/b29-15-,32-25?;;;;. The van der Waals surface area contributed by atoms with Crippen LogP contribution in [-0.2, 0) is 28.9 Å². The molecule has 3 rings (SSSR count). The van der Waals surface area contributed by atoms with Gasteiger partial charge in [-0.15, -0.1) is 0 Å². The van der Waals surface area contributed by atoms with Crippen LogP contribution in [0.1, 0.15) is 90.3 Å². The molecule has 1 unspecified atom stereocenters. The Kier molecular flexibility index (Phi) is 23.9. The fourth-order valence-electron chi connectivity index (χ4n) is 4.40. The smallest absolute Gasteiger partial charge is 0.106 e. The minimum Gasteiger partial charge on any atom is -0.307 e. The van der Waals surface area contributed by atoms with Gasteiger partial charge in [0.05, 0.1) is 0 Å². The van der Waals surface area contributed by atoms with E-state index in [-0.39, 0.29) is 7.43 Å². The van der Waals surface area contributed by atoms with E-state index in [2.05, 4.69) is 92.9 Å². The molecule has 0 heterocycles. The number of carbonyl (C=O) groups is 2. The van der Waals surface area contributed by atoms with Crippen LogP contribution in [0.3, 0.4) is 0 Å². The Hall–Kier alpha value is -3.51. The van der Waals surface area contributed by atoms with E-state index in [4.69, 9.17) is 14.6 Å². The van der Waals surface area contributed by atoms with Crippen molar-refractivity contribution in [3.8, 4) is 11.8 Å². The summed E-state index contributed by atoms with van der Waals surface area (Å²) in [6.45, 7) is 16.6. The lowest BCUT2D eigenvalue weighted by molar-refractivity contribution is -0.0987. The van der Waals surface area contributed by atoms with Crippen LogP contribution in [0.15, 0.2) is 83.5 Å². The van der Waals surface area contributed by atoms with E-state index in [0.717, 1.165) is 44.2 Å². The van der Waals surface area contributed by atoms with E-state index in [0.29, 0.717) is 5.92 Å². The molecular weight excluding hydrogens is 478 g/mol. The molecule has 39 heavy (non-hydrogen) atoms. The summed E-state index contributed by atoms with van der Waals surface area (Å²) in [7, 11) is 0. The fourth-order valence-corrected chi connectivity index (χ4v) is 4.40. The van der Waals surface area contributed by atoms with E-state index in [1.165, 1.54) is 47.2 Å². The molecule has 0 saturated heterocycles. The largest absolute Gasteiger partial charge is 0.307 e. The maximum Gasteiger partial charge on any atom is 0.106 e. The van der Waals surface area contributed by atoms with Crippen molar-refractivity contribution in [2.45, 2.75) is 92.9 Å². The van der Waals surface area contributed by atoms with Crippen molar-refractivity contribution in [2.24, 2.45) is 10.9 Å². The summed E-state index contributed by atoms with van der Waals surface area (Å²) in [5, 5.41) is 0. The molecule has 3 heteroatoms. The number of aryl methyl sites for hydroxylation is 1. The van der Waals surface area contributed by atoms with E-state index in [1.807, 2.05) is 27.4 Å². The summed E-state index contributed by atoms with van der Waals surface area (Å²) >= 11 is 0. The van der Waals surface area contributed by atoms with Gasteiger partial charge in [-0.1, -0.05) is 107 Å². The lowest BCUT2D eigenvalue weighted by Gasteiger charge is -2.18. The van der Waals surface area contributed by atoms with E-state index in [1.54, 1.807) is 0 Å².